The fraction of sp³-hybridized carbons (Fsp3) is 0.385. The van der Waals surface area contributed by atoms with Crippen molar-refractivity contribution in [2.45, 2.75) is 19.0 Å². The summed E-state index contributed by atoms with van der Waals surface area (Å²) >= 11 is 0. The van der Waals surface area contributed by atoms with Crippen molar-refractivity contribution in [3.05, 3.63) is 30.2 Å². The van der Waals surface area contributed by atoms with E-state index in [1.165, 1.54) is 0 Å². The Morgan fingerprint density at radius 2 is 1.86 bits per heavy atom. The zero-order valence-corrected chi connectivity index (χ0v) is 10.9. The number of nitrogens with zero attached hydrogens (tertiary/aromatic N) is 3. The summed E-state index contributed by atoms with van der Waals surface area (Å²) in [6, 6.07) is 6.78. The van der Waals surface area contributed by atoms with Gasteiger partial charge in [-0.05, 0) is 37.1 Å². The maximum atomic E-state index is 12.4. The monoisotopic (exact) mass is 299 g/mol. The van der Waals surface area contributed by atoms with Gasteiger partial charge >= 0.3 is 12.1 Å². The third kappa shape index (κ3) is 2.99. The highest BCUT2D eigenvalue weighted by Crippen LogP contribution is 2.30. The van der Waals surface area contributed by atoms with Crippen LogP contribution in [0.5, 0.6) is 0 Å². The van der Waals surface area contributed by atoms with Crippen LogP contribution in [0.2, 0.25) is 0 Å². The van der Waals surface area contributed by atoms with Gasteiger partial charge in [-0.3, -0.25) is 9.90 Å². The van der Waals surface area contributed by atoms with Gasteiger partial charge in [0.25, 0.3) is 0 Å². The highest BCUT2D eigenvalue weighted by Gasteiger charge is 2.38. The van der Waals surface area contributed by atoms with Crippen LogP contribution in [-0.2, 0) is 11.0 Å². The van der Waals surface area contributed by atoms with E-state index in [1.807, 2.05) is 0 Å². The third-order valence-corrected chi connectivity index (χ3v) is 3.08. The lowest BCUT2D eigenvalue weighted by Gasteiger charge is -2.27. The summed E-state index contributed by atoms with van der Waals surface area (Å²) < 4.78 is 41.4. The summed E-state index contributed by atoms with van der Waals surface area (Å²) in [7, 11) is 0. The van der Waals surface area contributed by atoms with E-state index in [9.17, 15) is 13.2 Å². The standard InChI is InChI=1S/C13H12F3N3O2/c14-13(15,16)12-17-11(18-21-12)9-3-5-10(6-4-9)19-7-1-2-8-20-19/h3-6H,1-2,7-8H2. The van der Waals surface area contributed by atoms with Gasteiger partial charge in [-0.25, -0.2) is 0 Å². The molecule has 0 N–H and O–H groups in total. The number of halogens is 3. The molecule has 1 saturated heterocycles. The van der Waals surface area contributed by atoms with Crippen LogP contribution in [0.3, 0.4) is 0 Å². The molecule has 0 amide bonds. The molecular weight excluding hydrogens is 287 g/mol. The average Bonchev–Trinajstić information content (AvgIpc) is 2.98. The van der Waals surface area contributed by atoms with Crippen LogP contribution in [0, 0.1) is 0 Å². The molecule has 1 aliphatic heterocycles. The molecule has 0 aliphatic carbocycles. The number of alkyl halides is 3. The summed E-state index contributed by atoms with van der Waals surface area (Å²) in [5.74, 6) is -1.44. The Balaban J connectivity index is 1.79. The van der Waals surface area contributed by atoms with Gasteiger partial charge in [0.15, 0.2) is 0 Å². The van der Waals surface area contributed by atoms with Crippen LogP contribution in [0.25, 0.3) is 11.4 Å². The lowest BCUT2D eigenvalue weighted by Crippen LogP contribution is -2.29. The quantitative estimate of drug-likeness (QED) is 0.851. The molecule has 0 atom stereocenters. The van der Waals surface area contributed by atoms with E-state index in [0.717, 1.165) is 25.1 Å². The molecule has 5 nitrogen and oxygen atoms in total. The average molecular weight is 299 g/mol. The SMILES string of the molecule is FC(F)(F)c1nc(-c2ccc(N3CCCCO3)cc2)no1. The van der Waals surface area contributed by atoms with Crippen molar-refractivity contribution in [2.24, 2.45) is 0 Å². The molecule has 0 spiro atoms. The second-order valence-electron chi connectivity index (χ2n) is 4.61. The fourth-order valence-corrected chi connectivity index (χ4v) is 2.03. The van der Waals surface area contributed by atoms with Gasteiger partial charge in [0.05, 0.1) is 12.3 Å². The van der Waals surface area contributed by atoms with Crippen molar-refractivity contribution >= 4 is 5.69 Å². The molecule has 2 heterocycles. The van der Waals surface area contributed by atoms with E-state index in [0.29, 0.717) is 12.2 Å². The molecular formula is C13H12F3N3O2. The zero-order valence-electron chi connectivity index (χ0n) is 10.9. The minimum atomic E-state index is -4.63. The summed E-state index contributed by atoms with van der Waals surface area (Å²) in [5.41, 5.74) is 1.30. The predicted octanol–water partition coefficient (Wildman–Crippen LogP) is 3.29. The summed E-state index contributed by atoms with van der Waals surface area (Å²) in [6.45, 7) is 1.46. The molecule has 112 valence electrons. The minimum Gasteiger partial charge on any atom is -0.329 e. The first-order valence-electron chi connectivity index (χ1n) is 6.46. The highest BCUT2D eigenvalue weighted by atomic mass is 19.4. The number of hydrogen-bond acceptors (Lipinski definition) is 5. The Morgan fingerprint density at radius 1 is 1.10 bits per heavy atom. The minimum absolute atomic E-state index is 0.0894. The van der Waals surface area contributed by atoms with Crippen LogP contribution in [0.4, 0.5) is 18.9 Å². The van der Waals surface area contributed by atoms with Gasteiger partial charge < -0.3 is 4.52 Å². The topological polar surface area (TPSA) is 51.4 Å². The Hall–Kier alpha value is -2.09. The highest BCUT2D eigenvalue weighted by molar-refractivity contribution is 5.59. The lowest BCUT2D eigenvalue weighted by atomic mass is 10.2. The molecule has 0 saturated carbocycles. The molecule has 1 aromatic carbocycles. The Bertz CT molecular complexity index is 604. The lowest BCUT2D eigenvalue weighted by molar-refractivity contribution is -0.159. The van der Waals surface area contributed by atoms with Gasteiger partial charge in [-0.2, -0.15) is 18.2 Å². The van der Waals surface area contributed by atoms with Gasteiger partial charge in [-0.1, -0.05) is 5.16 Å². The molecule has 0 unspecified atom stereocenters. The number of hydrogen-bond donors (Lipinski definition) is 0. The van der Waals surface area contributed by atoms with Gasteiger partial charge in [0.1, 0.15) is 0 Å². The van der Waals surface area contributed by atoms with Gasteiger partial charge in [0, 0.05) is 12.1 Å². The fourth-order valence-electron chi connectivity index (χ4n) is 2.03. The molecule has 3 rings (SSSR count). The van der Waals surface area contributed by atoms with E-state index in [2.05, 4.69) is 14.7 Å². The van der Waals surface area contributed by atoms with Crippen LogP contribution >= 0.6 is 0 Å². The smallest absolute Gasteiger partial charge is 0.329 e. The van der Waals surface area contributed by atoms with E-state index >= 15 is 0 Å². The number of aromatic nitrogens is 2. The maximum absolute atomic E-state index is 12.4. The molecule has 21 heavy (non-hydrogen) atoms. The first kappa shape index (κ1) is 13.9. The van der Waals surface area contributed by atoms with Crippen molar-refractivity contribution < 1.29 is 22.5 Å². The van der Waals surface area contributed by atoms with Crippen LogP contribution in [0.1, 0.15) is 18.7 Å². The molecule has 2 aromatic rings. The molecule has 1 fully saturated rings. The van der Waals surface area contributed by atoms with E-state index in [4.69, 9.17) is 4.84 Å². The summed E-state index contributed by atoms with van der Waals surface area (Å²) in [4.78, 5) is 8.84. The second-order valence-corrected chi connectivity index (χ2v) is 4.61. The van der Waals surface area contributed by atoms with Crippen molar-refractivity contribution in [2.75, 3.05) is 18.2 Å². The number of benzene rings is 1. The van der Waals surface area contributed by atoms with E-state index in [1.54, 1.807) is 29.3 Å². The largest absolute Gasteiger partial charge is 0.471 e. The third-order valence-electron chi connectivity index (χ3n) is 3.08. The second kappa shape index (κ2) is 5.36. The summed E-state index contributed by atoms with van der Waals surface area (Å²) in [5, 5.41) is 5.11. The molecule has 0 bridgehead atoms. The van der Waals surface area contributed by atoms with Crippen molar-refractivity contribution in [1.29, 1.82) is 0 Å². The molecule has 8 heteroatoms. The number of anilines is 1. The normalized spacial score (nSPS) is 16.2. The zero-order chi connectivity index (χ0) is 14.9. The predicted molar refractivity (Wildman–Crippen MR) is 67.3 cm³/mol. The number of rotatable bonds is 2. The van der Waals surface area contributed by atoms with E-state index < -0.39 is 12.1 Å². The molecule has 1 aliphatic rings. The van der Waals surface area contributed by atoms with Gasteiger partial charge in [0.2, 0.25) is 5.82 Å². The maximum Gasteiger partial charge on any atom is 0.471 e. The molecule has 1 aromatic heterocycles. The Morgan fingerprint density at radius 3 is 2.43 bits per heavy atom. The van der Waals surface area contributed by atoms with Crippen molar-refractivity contribution in [1.82, 2.24) is 10.1 Å². The summed E-state index contributed by atoms with van der Waals surface area (Å²) in [6.07, 6.45) is -2.56. The molecule has 0 radical (unpaired) electrons. The van der Waals surface area contributed by atoms with Gasteiger partial charge in [-0.15, -0.1) is 0 Å². The van der Waals surface area contributed by atoms with Crippen LogP contribution in [-0.4, -0.2) is 23.3 Å². The van der Waals surface area contributed by atoms with Crippen molar-refractivity contribution in [3.63, 3.8) is 0 Å². The first-order chi connectivity index (χ1) is 10.0. The first-order valence-corrected chi connectivity index (χ1v) is 6.46. The van der Waals surface area contributed by atoms with Crippen LogP contribution in [0.15, 0.2) is 28.8 Å². The van der Waals surface area contributed by atoms with Crippen molar-refractivity contribution in [3.8, 4) is 11.4 Å². The van der Waals surface area contributed by atoms with E-state index in [-0.39, 0.29) is 5.82 Å². The number of hydroxylamine groups is 1. The Labute approximate surface area is 118 Å². The van der Waals surface area contributed by atoms with Crippen LogP contribution < -0.4 is 5.06 Å². The Kier molecular flexibility index (Phi) is 3.54.